The van der Waals surface area contributed by atoms with Gasteiger partial charge in [0.2, 0.25) is 0 Å². The van der Waals surface area contributed by atoms with Gasteiger partial charge in [0.15, 0.2) is 16.7 Å². The monoisotopic (exact) mass is 255 g/mol. The van der Waals surface area contributed by atoms with Crippen LogP contribution in [0.2, 0.25) is 0 Å². The smallest absolute Gasteiger partial charge is 0.174 e. The zero-order valence-electron chi connectivity index (χ0n) is 10.0. The van der Waals surface area contributed by atoms with Crippen molar-refractivity contribution in [3.05, 3.63) is 18.3 Å². The van der Waals surface area contributed by atoms with E-state index in [9.17, 15) is 0 Å². The minimum absolute atomic E-state index is 0.526. The van der Waals surface area contributed by atoms with Gasteiger partial charge in [-0.15, -0.1) is 0 Å². The predicted octanol–water partition coefficient (Wildman–Crippen LogP) is 1.41. The number of methoxy groups -OCH3 is 2. The number of anilines is 1. The Morgan fingerprint density at radius 1 is 1.47 bits per heavy atom. The Morgan fingerprint density at radius 2 is 2.29 bits per heavy atom. The number of pyridine rings is 1. The summed E-state index contributed by atoms with van der Waals surface area (Å²) in [4.78, 5) is 4.15. The highest BCUT2D eigenvalue weighted by atomic mass is 32.1. The third-order valence-electron chi connectivity index (χ3n) is 2.03. The molecule has 0 aromatic carbocycles. The maximum atomic E-state index is 5.16. The van der Waals surface area contributed by atoms with Gasteiger partial charge in [-0.2, -0.15) is 0 Å². The molecule has 94 valence electrons. The van der Waals surface area contributed by atoms with Crippen LogP contribution in [-0.4, -0.2) is 37.5 Å². The average molecular weight is 255 g/mol. The van der Waals surface area contributed by atoms with Crippen LogP contribution in [0.5, 0.6) is 5.75 Å². The molecule has 1 aromatic rings. The molecule has 17 heavy (non-hydrogen) atoms. The molecule has 0 atom stereocenters. The SMILES string of the molecule is COCCCNC(=S)Nc1ncccc1OC. The lowest BCUT2D eigenvalue weighted by atomic mass is 10.4. The van der Waals surface area contributed by atoms with Gasteiger partial charge in [-0.25, -0.2) is 4.98 Å². The number of rotatable bonds is 6. The highest BCUT2D eigenvalue weighted by Gasteiger charge is 2.04. The molecule has 1 aromatic heterocycles. The van der Waals surface area contributed by atoms with E-state index in [-0.39, 0.29) is 0 Å². The first-order valence-electron chi connectivity index (χ1n) is 5.30. The quantitative estimate of drug-likeness (QED) is 0.592. The summed E-state index contributed by atoms with van der Waals surface area (Å²) in [5.74, 6) is 1.27. The van der Waals surface area contributed by atoms with Crippen molar-refractivity contribution in [3.63, 3.8) is 0 Å². The molecular weight excluding hydrogens is 238 g/mol. The summed E-state index contributed by atoms with van der Waals surface area (Å²) in [6.07, 6.45) is 2.58. The molecule has 0 radical (unpaired) electrons. The first kappa shape index (κ1) is 13.7. The largest absolute Gasteiger partial charge is 0.493 e. The number of thiocarbonyl (C=S) groups is 1. The maximum absolute atomic E-state index is 5.16. The van der Waals surface area contributed by atoms with Crippen molar-refractivity contribution in [1.82, 2.24) is 10.3 Å². The number of nitrogens with one attached hydrogen (secondary N) is 2. The van der Waals surface area contributed by atoms with Crippen molar-refractivity contribution in [2.24, 2.45) is 0 Å². The maximum Gasteiger partial charge on any atom is 0.174 e. The fourth-order valence-corrected chi connectivity index (χ4v) is 1.42. The van der Waals surface area contributed by atoms with Gasteiger partial charge in [0, 0.05) is 26.5 Å². The minimum atomic E-state index is 0.526. The van der Waals surface area contributed by atoms with Gasteiger partial charge in [-0.1, -0.05) is 0 Å². The molecular formula is C11H17N3O2S. The van der Waals surface area contributed by atoms with Gasteiger partial charge in [0.05, 0.1) is 7.11 Å². The van der Waals surface area contributed by atoms with Gasteiger partial charge >= 0.3 is 0 Å². The first-order chi connectivity index (χ1) is 8.27. The van der Waals surface area contributed by atoms with Crippen LogP contribution >= 0.6 is 12.2 Å². The second-order valence-electron chi connectivity index (χ2n) is 3.28. The van der Waals surface area contributed by atoms with E-state index < -0.39 is 0 Å². The fraction of sp³-hybridized carbons (Fsp3) is 0.455. The zero-order chi connectivity index (χ0) is 12.5. The van der Waals surface area contributed by atoms with E-state index in [2.05, 4.69) is 15.6 Å². The van der Waals surface area contributed by atoms with Crippen molar-refractivity contribution < 1.29 is 9.47 Å². The molecule has 1 heterocycles. The molecule has 0 unspecified atom stereocenters. The Kier molecular flexibility index (Phi) is 6.27. The lowest BCUT2D eigenvalue weighted by molar-refractivity contribution is 0.196. The van der Waals surface area contributed by atoms with Crippen LogP contribution in [0.15, 0.2) is 18.3 Å². The summed E-state index contributed by atoms with van der Waals surface area (Å²) in [5, 5.41) is 6.57. The zero-order valence-corrected chi connectivity index (χ0v) is 10.8. The van der Waals surface area contributed by atoms with Gasteiger partial charge < -0.3 is 20.1 Å². The third-order valence-corrected chi connectivity index (χ3v) is 2.28. The topological polar surface area (TPSA) is 55.4 Å². The Morgan fingerprint density at radius 3 is 3.00 bits per heavy atom. The summed E-state index contributed by atoms with van der Waals surface area (Å²) < 4.78 is 10.1. The normalized spacial score (nSPS) is 9.76. The lowest BCUT2D eigenvalue weighted by Crippen LogP contribution is -2.30. The lowest BCUT2D eigenvalue weighted by Gasteiger charge is -2.11. The van der Waals surface area contributed by atoms with Crippen molar-refractivity contribution in [2.75, 3.05) is 32.7 Å². The molecule has 0 amide bonds. The van der Waals surface area contributed by atoms with Crippen LogP contribution in [0.1, 0.15) is 6.42 Å². The predicted molar refractivity (Wildman–Crippen MR) is 71.5 cm³/mol. The highest BCUT2D eigenvalue weighted by molar-refractivity contribution is 7.80. The Balaban J connectivity index is 2.39. The van der Waals surface area contributed by atoms with Crippen LogP contribution < -0.4 is 15.4 Å². The molecule has 0 fully saturated rings. The Labute approximate surface area is 107 Å². The van der Waals surface area contributed by atoms with Crippen LogP contribution in [-0.2, 0) is 4.74 Å². The van der Waals surface area contributed by atoms with E-state index in [0.29, 0.717) is 23.3 Å². The van der Waals surface area contributed by atoms with Crippen molar-refractivity contribution in [3.8, 4) is 5.75 Å². The average Bonchev–Trinajstić information content (AvgIpc) is 2.35. The van der Waals surface area contributed by atoms with Crippen molar-refractivity contribution in [2.45, 2.75) is 6.42 Å². The van der Waals surface area contributed by atoms with Crippen LogP contribution in [0.25, 0.3) is 0 Å². The molecule has 0 spiro atoms. The molecule has 5 nitrogen and oxygen atoms in total. The van der Waals surface area contributed by atoms with E-state index >= 15 is 0 Å². The summed E-state index contributed by atoms with van der Waals surface area (Å²) in [6, 6.07) is 3.63. The Hall–Kier alpha value is -1.40. The van der Waals surface area contributed by atoms with Crippen molar-refractivity contribution in [1.29, 1.82) is 0 Å². The summed E-state index contributed by atoms with van der Waals surface area (Å²) >= 11 is 5.13. The van der Waals surface area contributed by atoms with Crippen LogP contribution in [0.3, 0.4) is 0 Å². The second-order valence-corrected chi connectivity index (χ2v) is 3.69. The number of ether oxygens (including phenoxy) is 2. The fourth-order valence-electron chi connectivity index (χ4n) is 1.22. The van der Waals surface area contributed by atoms with E-state index in [1.54, 1.807) is 26.5 Å². The second kappa shape index (κ2) is 7.81. The molecule has 0 saturated heterocycles. The van der Waals surface area contributed by atoms with E-state index in [1.165, 1.54) is 0 Å². The molecule has 0 aliphatic carbocycles. The molecule has 0 saturated carbocycles. The minimum Gasteiger partial charge on any atom is -0.493 e. The molecule has 2 N–H and O–H groups in total. The molecule has 0 aliphatic rings. The molecule has 6 heteroatoms. The van der Waals surface area contributed by atoms with Gasteiger partial charge in [-0.3, -0.25) is 0 Å². The Bertz CT molecular complexity index is 360. The molecule has 0 bridgehead atoms. The number of nitrogens with zero attached hydrogens (tertiary/aromatic N) is 1. The summed E-state index contributed by atoms with van der Waals surface area (Å²) in [5.41, 5.74) is 0. The van der Waals surface area contributed by atoms with E-state index in [1.807, 2.05) is 6.07 Å². The first-order valence-corrected chi connectivity index (χ1v) is 5.71. The molecule has 0 aliphatic heterocycles. The highest BCUT2D eigenvalue weighted by Crippen LogP contribution is 2.19. The van der Waals surface area contributed by atoms with E-state index in [0.717, 1.165) is 13.0 Å². The number of hydrogen-bond acceptors (Lipinski definition) is 4. The summed E-state index contributed by atoms with van der Waals surface area (Å²) in [7, 11) is 3.27. The van der Waals surface area contributed by atoms with E-state index in [4.69, 9.17) is 21.7 Å². The molecule has 1 rings (SSSR count). The van der Waals surface area contributed by atoms with Crippen LogP contribution in [0.4, 0.5) is 5.82 Å². The third kappa shape index (κ3) is 4.97. The number of aromatic nitrogens is 1. The van der Waals surface area contributed by atoms with Gasteiger partial charge in [-0.05, 0) is 30.8 Å². The van der Waals surface area contributed by atoms with Crippen LogP contribution in [0, 0.1) is 0 Å². The van der Waals surface area contributed by atoms with Gasteiger partial charge in [0.1, 0.15) is 0 Å². The number of hydrogen-bond donors (Lipinski definition) is 2. The summed E-state index contributed by atoms with van der Waals surface area (Å²) in [6.45, 7) is 1.47. The standard InChI is InChI=1S/C11H17N3O2S/c1-15-8-4-7-13-11(17)14-10-9(16-2)5-3-6-12-10/h3,5-6H,4,7-8H2,1-2H3,(H2,12,13,14,17). The van der Waals surface area contributed by atoms with Crippen molar-refractivity contribution >= 4 is 23.1 Å². The van der Waals surface area contributed by atoms with Gasteiger partial charge in [0.25, 0.3) is 0 Å².